The molecule has 0 N–H and O–H groups in total. The van der Waals surface area contributed by atoms with Crippen LogP contribution in [0, 0.1) is 5.92 Å². The van der Waals surface area contributed by atoms with Crippen molar-refractivity contribution < 1.29 is 0 Å². The van der Waals surface area contributed by atoms with E-state index in [4.69, 9.17) is 4.99 Å². The lowest BCUT2D eigenvalue weighted by atomic mass is 9.94. The van der Waals surface area contributed by atoms with Crippen LogP contribution in [0.4, 0.5) is 0 Å². The molecular formula is C24H29N. The van der Waals surface area contributed by atoms with E-state index in [9.17, 15) is 0 Å². The highest BCUT2D eigenvalue weighted by atomic mass is 14.7. The fourth-order valence-electron chi connectivity index (χ4n) is 2.79. The predicted octanol–water partition coefficient (Wildman–Crippen LogP) is 6.47. The minimum atomic E-state index is 0.311. The molecule has 0 aromatic heterocycles. The third kappa shape index (κ3) is 6.19. The molecule has 1 nitrogen and oxygen atoms in total. The lowest BCUT2D eigenvalue weighted by molar-refractivity contribution is 0.939. The maximum atomic E-state index is 5.01. The molecule has 0 bridgehead atoms. The van der Waals surface area contributed by atoms with Gasteiger partial charge in [0, 0.05) is 0 Å². The van der Waals surface area contributed by atoms with E-state index in [1.165, 1.54) is 16.7 Å². The Morgan fingerprint density at radius 3 is 2.80 bits per heavy atom. The van der Waals surface area contributed by atoms with Crippen LogP contribution in [0.5, 0.6) is 0 Å². The summed E-state index contributed by atoms with van der Waals surface area (Å²) >= 11 is 0. The Morgan fingerprint density at radius 1 is 1.20 bits per heavy atom. The molecule has 2 aliphatic carbocycles. The van der Waals surface area contributed by atoms with Crippen molar-refractivity contribution in [1.29, 1.82) is 0 Å². The van der Waals surface area contributed by atoms with Gasteiger partial charge in [-0.3, -0.25) is 4.99 Å². The Hall–Kier alpha value is -2.41. The molecule has 0 aromatic carbocycles. The van der Waals surface area contributed by atoms with Crippen molar-refractivity contribution in [3.63, 3.8) is 0 Å². The maximum absolute atomic E-state index is 5.01. The van der Waals surface area contributed by atoms with E-state index < -0.39 is 0 Å². The minimum absolute atomic E-state index is 0.311. The monoisotopic (exact) mass is 331 g/mol. The molecule has 130 valence electrons. The van der Waals surface area contributed by atoms with Crippen molar-refractivity contribution in [1.82, 2.24) is 0 Å². The average Bonchev–Trinajstić information content (AvgIpc) is 2.91. The van der Waals surface area contributed by atoms with E-state index in [1.807, 2.05) is 6.08 Å². The van der Waals surface area contributed by atoms with Crippen LogP contribution >= 0.6 is 0 Å². The Kier molecular flexibility index (Phi) is 7.91. The highest BCUT2D eigenvalue weighted by molar-refractivity contribution is 6.16. The van der Waals surface area contributed by atoms with Crippen LogP contribution < -0.4 is 0 Å². The van der Waals surface area contributed by atoms with Crippen molar-refractivity contribution in [2.75, 3.05) is 6.54 Å². The molecule has 1 atom stereocenters. The smallest absolute Gasteiger partial charge is 0.0716 e. The van der Waals surface area contributed by atoms with E-state index in [0.717, 1.165) is 25.0 Å². The van der Waals surface area contributed by atoms with E-state index in [-0.39, 0.29) is 0 Å². The first kappa shape index (κ1) is 18.9. The zero-order valence-corrected chi connectivity index (χ0v) is 15.5. The van der Waals surface area contributed by atoms with Crippen LogP contribution in [0.15, 0.2) is 101 Å². The van der Waals surface area contributed by atoms with Crippen molar-refractivity contribution in [3.05, 3.63) is 96.2 Å². The van der Waals surface area contributed by atoms with Gasteiger partial charge in [0.1, 0.15) is 0 Å². The van der Waals surface area contributed by atoms with Crippen LogP contribution in [-0.2, 0) is 0 Å². The third-order valence-electron chi connectivity index (χ3n) is 4.20. The van der Waals surface area contributed by atoms with Crippen LogP contribution in [0.2, 0.25) is 0 Å². The zero-order chi connectivity index (χ0) is 17.9. The first-order valence-electron chi connectivity index (χ1n) is 9.15. The first-order chi connectivity index (χ1) is 12.2. The summed E-state index contributed by atoms with van der Waals surface area (Å²) in [6.07, 6.45) is 29.1. The van der Waals surface area contributed by atoms with Crippen LogP contribution in [-0.4, -0.2) is 12.3 Å². The standard InChI is InChI=1S/C24H29N/c1-4-13-23(18-20(3)5-2)24(22-16-11-8-12-17-22)25-19-21-14-9-6-7-10-15-21/h4-7,9,11,13-18,20H,2,8,10,12,19H2,1,3H3/b13-4-,23-18-,25-24-. The molecule has 1 heteroatoms. The summed E-state index contributed by atoms with van der Waals surface area (Å²) in [7, 11) is 0. The molecule has 0 aliphatic heterocycles. The van der Waals surface area contributed by atoms with Crippen LogP contribution in [0.25, 0.3) is 0 Å². The summed E-state index contributed by atoms with van der Waals surface area (Å²) in [5.41, 5.74) is 4.74. The summed E-state index contributed by atoms with van der Waals surface area (Å²) in [4.78, 5) is 5.01. The van der Waals surface area contributed by atoms with E-state index in [0.29, 0.717) is 12.5 Å². The first-order valence-corrected chi connectivity index (χ1v) is 9.15. The molecule has 0 fully saturated rings. The third-order valence-corrected chi connectivity index (χ3v) is 4.20. The summed E-state index contributed by atoms with van der Waals surface area (Å²) in [5.74, 6) is 0.311. The second-order valence-corrected chi connectivity index (χ2v) is 6.32. The average molecular weight is 332 g/mol. The molecule has 0 saturated heterocycles. The largest absolute Gasteiger partial charge is 0.279 e. The molecule has 25 heavy (non-hydrogen) atoms. The quantitative estimate of drug-likeness (QED) is 0.288. The number of aliphatic imine (C=N–C) groups is 1. The molecule has 0 amide bonds. The highest BCUT2D eigenvalue weighted by Crippen LogP contribution is 2.20. The van der Waals surface area contributed by atoms with Gasteiger partial charge in [-0.1, -0.05) is 79.8 Å². The van der Waals surface area contributed by atoms with Crippen molar-refractivity contribution in [2.24, 2.45) is 10.9 Å². The SMILES string of the molecule is C=CC(C)/C=C(/C=C\C)C(=N/CC1=CCC=CC=C1)\C1=CCCC=C1. The molecule has 0 aromatic rings. The van der Waals surface area contributed by atoms with Gasteiger partial charge in [0.25, 0.3) is 0 Å². The molecule has 1 unspecified atom stereocenters. The minimum Gasteiger partial charge on any atom is -0.279 e. The summed E-state index contributed by atoms with van der Waals surface area (Å²) < 4.78 is 0. The van der Waals surface area contributed by atoms with Gasteiger partial charge in [0.2, 0.25) is 0 Å². The summed E-state index contributed by atoms with van der Waals surface area (Å²) in [6, 6.07) is 0. The fraction of sp³-hybridized carbons (Fsp3) is 0.292. The Bertz CT molecular complexity index is 702. The lowest BCUT2D eigenvalue weighted by Gasteiger charge is -2.14. The van der Waals surface area contributed by atoms with Gasteiger partial charge in [0.05, 0.1) is 12.3 Å². The van der Waals surface area contributed by atoms with E-state index >= 15 is 0 Å². The number of nitrogens with zero attached hydrogens (tertiary/aromatic N) is 1. The molecule has 0 radical (unpaired) electrons. The molecule has 0 heterocycles. The van der Waals surface area contributed by atoms with Gasteiger partial charge in [-0.25, -0.2) is 0 Å². The topological polar surface area (TPSA) is 12.4 Å². The Labute approximate surface area is 152 Å². The Balaban J connectivity index is 2.37. The summed E-state index contributed by atoms with van der Waals surface area (Å²) in [6.45, 7) is 8.82. The zero-order valence-electron chi connectivity index (χ0n) is 15.5. The van der Waals surface area contributed by atoms with Gasteiger partial charge in [0.15, 0.2) is 0 Å². The van der Waals surface area contributed by atoms with E-state index in [1.54, 1.807) is 0 Å². The second-order valence-electron chi connectivity index (χ2n) is 6.32. The number of allylic oxidation sites excluding steroid dienone is 13. The van der Waals surface area contributed by atoms with Crippen molar-refractivity contribution in [3.8, 4) is 0 Å². The van der Waals surface area contributed by atoms with Crippen molar-refractivity contribution >= 4 is 5.71 Å². The number of hydrogen-bond acceptors (Lipinski definition) is 1. The molecule has 0 saturated carbocycles. The van der Waals surface area contributed by atoms with Gasteiger partial charge in [-0.05, 0) is 48.8 Å². The predicted molar refractivity (Wildman–Crippen MR) is 112 cm³/mol. The molecule has 2 aliphatic rings. The van der Waals surface area contributed by atoms with Gasteiger partial charge < -0.3 is 0 Å². The van der Waals surface area contributed by atoms with Gasteiger partial charge >= 0.3 is 0 Å². The van der Waals surface area contributed by atoms with Gasteiger partial charge in [-0.2, -0.15) is 0 Å². The fourth-order valence-corrected chi connectivity index (χ4v) is 2.79. The number of rotatable bonds is 7. The maximum Gasteiger partial charge on any atom is 0.0716 e. The molecule has 2 rings (SSSR count). The number of hydrogen-bond donors (Lipinski definition) is 0. The Morgan fingerprint density at radius 2 is 2.08 bits per heavy atom. The van der Waals surface area contributed by atoms with Gasteiger partial charge in [-0.15, -0.1) is 6.58 Å². The second kappa shape index (κ2) is 10.5. The normalized spacial score (nSPS) is 19.6. The van der Waals surface area contributed by atoms with Crippen LogP contribution in [0.1, 0.15) is 33.1 Å². The molecule has 0 spiro atoms. The van der Waals surface area contributed by atoms with Crippen LogP contribution in [0.3, 0.4) is 0 Å². The summed E-state index contributed by atoms with van der Waals surface area (Å²) in [5, 5.41) is 0. The lowest BCUT2D eigenvalue weighted by Crippen LogP contribution is -2.09. The van der Waals surface area contributed by atoms with Crippen molar-refractivity contribution in [2.45, 2.75) is 33.1 Å². The highest BCUT2D eigenvalue weighted by Gasteiger charge is 2.11. The molecular weight excluding hydrogens is 302 g/mol. The van der Waals surface area contributed by atoms with E-state index in [2.05, 4.69) is 87.3 Å².